The van der Waals surface area contributed by atoms with Gasteiger partial charge in [0.05, 0.1) is 0 Å². The average molecular weight is 270 g/mol. The molecular weight excluding hydrogens is 252 g/mol. The van der Waals surface area contributed by atoms with Crippen LogP contribution in [0.5, 0.6) is 5.75 Å². The second-order valence-electron chi connectivity index (χ2n) is 4.74. The lowest BCUT2D eigenvalue weighted by atomic mass is 10.2. The van der Waals surface area contributed by atoms with Crippen molar-refractivity contribution in [1.29, 1.82) is 0 Å². The highest BCUT2D eigenvalue weighted by atomic mass is 32.2. The van der Waals surface area contributed by atoms with Crippen LogP contribution in [-0.4, -0.2) is 56.0 Å². The highest BCUT2D eigenvalue weighted by Gasteiger charge is 2.34. The minimum absolute atomic E-state index is 0.00981. The largest absolute Gasteiger partial charge is 0.507 e. The van der Waals surface area contributed by atoms with Crippen LogP contribution in [0, 0.1) is 0 Å². The Morgan fingerprint density at radius 3 is 2.56 bits per heavy atom. The van der Waals surface area contributed by atoms with E-state index in [1.54, 1.807) is 12.1 Å². The summed E-state index contributed by atoms with van der Waals surface area (Å²) in [6.07, 6.45) is 0.819. The molecule has 100 valence electrons. The van der Waals surface area contributed by atoms with E-state index in [1.807, 2.05) is 19.0 Å². The molecule has 1 N–H and O–H groups in total. The smallest absolute Gasteiger partial charge is 0.246 e. The molecule has 1 aliphatic heterocycles. The van der Waals surface area contributed by atoms with Crippen LogP contribution in [0.1, 0.15) is 6.42 Å². The minimum atomic E-state index is -3.58. The summed E-state index contributed by atoms with van der Waals surface area (Å²) in [5.74, 6) is -0.189. The summed E-state index contributed by atoms with van der Waals surface area (Å²) in [6.45, 7) is 0.975. The highest BCUT2D eigenvalue weighted by Crippen LogP contribution is 2.28. The first kappa shape index (κ1) is 13.3. The Morgan fingerprint density at radius 1 is 1.33 bits per heavy atom. The Labute approximate surface area is 108 Å². The van der Waals surface area contributed by atoms with Crippen molar-refractivity contribution < 1.29 is 13.5 Å². The Hall–Kier alpha value is -1.11. The second-order valence-corrected chi connectivity index (χ2v) is 6.64. The number of likely N-dealkylation sites (N-methyl/N-ethyl adjacent to an activating group) is 1. The summed E-state index contributed by atoms with van der Waals surface area (Å²) < 4.78 is 26.2. The fourth-order valence-electron chi connectivity index (χ4n) is 2.16. The van der Waals surface area contributed by atoms with Gasteiger partial charge in [-0.2, -0.15) is 4.31 Å². The Balaban J connectivity index is 2.26. The van der Waals surface area contributed by atoms with Gasteiger partial charge in [0.2, 0.25) is 10.0 Å². The van der Waals surface area contributed by atoms with Crippen LogP contribution in [0.2, 0.25) is 0 Å². The summed E-state index contributed by atoms with van der Waals surface area (Å²) in [4.78, 5) is 2.02. The van der Waals surface area contributed by atoms with Crippen LogP contribution in [0.3, 0.4) is 0 Å². The molecule has 0 bridgehead atoms. The number of hydrogen-bond donors (Lipinski definition) is 1. The van der Waals surface area contributed by atoms with Gasteiger partial charge in [0.1, 0.15) is 10.6 Å². The predicted octanol–water partition coefficient (Wildman–Crippen LogP) is 0.717. The molecule has 18 heavy (non-hydrogen) atoms. The molecule has 2 rings (SSSR count). The van der Waals surface area contributed by atoms with Crippen molar-refractivity contribution in [3.05, 3.63) is 24.3 Å². The van der Waals surface area contributed by atoms with Gasteiger partial charge in [-0.15, -0.1) is 0 Å². The number of nitrogens with zero attached hydrogens (tertiary/aromatic N) is 2. The number of phenols is 1. The molecule has 1 aromatic rings. The molecule has 0 aliphatic carbocycles. The zero-order valence-electron chi connectivity index (χ0n) is 10.6. The van der Waals surface area contributed by atoms with Gasteiger partial charge in [0.15, 0.2) is 0 Å². The van der Waals surface area contributed by atoms with Crippen molar-refractivity contribution in [2.45, 2.75) is 17.4 Å². The third-order valence-corrected chi connectivity index (χ3v) is 5.25. The molecule has 0 amide bonds. The van der Waals surface area contributed by atoms with Crippen LogP contribution in [-0.2, 0) is 10.0 Å². The van der Waals surface area contributed by atoms with Crippen LogP contribution < -0.4 is 0 Å². The van der Waals surface area contributed by atoms with Crippen LogP contribution in [0.15, 0.2) is 29.2 Å². The molecule has 1 aromatic carbocycles. The van der Waals surface area contributed by atoms with Gasteiger partial charge in [-0.1, -0.05) is 12.1 Å². The molecule has 0 saturated carbocycles. The number of hydrogen-bond acceptors (Lipinski definition) is 4. The van der Waals surface area contributed by atoms with Crippen LogP contribution in [0.25, 0.3) is 0 Å². The number of benzene rings is 1. The fourth-order valence-corrected chi connectivity index (χ4v) is 3.74. The van der Waals surface area contributed by atoms with Gasteiger partial charge >= 0.3 is 0 Å². The number of sulfonamides is 1. The lowest BCUT2D eigenvalue weighted by molar-refractivity contribution is 0.302. The van der Waals surface area contributed by atoms with Gasteiger partial charge in [0, 0.05) is 19.1 Å². The van der Waals surface area contributed by atoms with E-state index in [-0.39, 0.29) is 16.7 Å². The van der Waals surface area contributed by atoms with Gasteiger partial charge in [0.25, 0.3) is 0 Å². The second kappa shape index (κ2) is 4.87. The SMILES string of the molecule is CN(C)C1CCN(S(=O)(=O)c2ccccc2O)C1. The molecule has 1 unspecified atom stereocenters. The molecular formula is C12H18N2O3S. The third-order valence-electron chi connectivity index (χ3n) is 3.34. The van der Waals surface area contributed by atoms with Crippen molar-refractivity contribution in [1.82, 2.24) is 9.21 Å². The summed E-state index contributed by atoms with van der Waals surface area (Å²) in [7, 11) is 0.311. The van der Waals surface area contributed by atoms with Crippen molar-refractivity contribution in [3.8, 4) is 5.75 Å². The molecule has 1 heterocycles. The zero-order chi connectivity index (χ0) is 13.3. The van der Waals surface area contributed by atoms with Crippen molar-refractivity contribution in [2.24, 2.45) is 0 Å². The van der Waals surface area contributed by atoms with E-state index in [2.05, 4.69) is 0 Å². The van der Waals surface area contributed by atoms with Crippen molar-refractivity contribution in [3.63, 3.8) is 0 Å². The quantitative estimate of drug-likeness (QED) is 0.879. The van der Waals surface area contributed by atoms with E-state index in [9.17, 15) is 13.5 Å². The normalized spacial score (nSPS) is 21.6. The zero-order valence-corrected chi connectivity index (χ0v) is 11.4. The van der Waals surface area contributed by atoms with Gasteiger partial charge < -0.3 is 10.0 Å². The predicted molar refractivity (Wildman–Crippen MR) is 69.0 cm³/mol. The number of rotatable bonds is 3. The van der Waals surface area contributed by atoms with E-state index >= 15 is 0 Å². The first-order valence-electron chi connectivity index (χ1n) is 5.87. The highest BCUT2D eigenvalue weighted by molar-refractivity contribution is 7.89. The van der Waals surface area contributed by atoms with E-state index in [0.29, 0.717) is 13.1 Å². The molecule has 0 radical (unpaired) electrons. The van der Waals surface area contributed by atoms with Crippen molar-refractivity contribution in [2.75, 3.05) is 27.2 Å². The van der Waals surface area contributed by atoms with Crippen LogP contribution >= 0.6 is 0 Å². The summed E-state index contributed by atoms with van der Waals surface area (Å²) in [5, 5.41) is 9.67. The lowest BCUT2D eigenvalue weighted by Gasteiger charge is -2.20. The monoisotopic (exact) mass is 270 g/mol. The Kier molecular flexibility index (Phi) is 3.61. The minimum Gasteiger partial charge on any atom is -0.507 e. The van der Waals surface area contributed by atoms with E-state index < -0.39 is 10.0 Å². The molecule has 1 fully saturated rings. The number of aromatic hydroxyl groups is 1. The molecule has 1 aliphatic rings. The third kappa shape index (κ3) is 2.36. The van der Waals surface area contributed by atoms with Gasteiger partial charge in [-0.3, -0.25) is 0 Å². The lowest BCUT2D eigenvalue weighted by Crippen LogP contribution is -2.34. The Bertz CT molecular complexity index is 528. The number of phenolic OH excluding ortho intramolecular Hbond substituents is 1. The molecule has 1 atom stereocenters. The molecule has 6 heteroatoms. The van der Waals surface area contributed by atoms with E-state index in [1.165, 1.54) is 16.4 Å². The summed E-state index contributed by atoms with van der Waals surface area (Å²) in [5.41, 5.74) is 0. The Morgan fingerprint density at radius 2 is 2.00 bits per heavy atom. The van der Waals surface area contributed by atoms with Crippen molar-refractivity contribution >= 4 is 10.0 Å². The first-order valence-corrected chi connectivity index (χ1v) is 7.31. The van der Waals surface area contributed by atoms with Crippen LogP contribution in [0.4, 0.5) is 0 Å². The van der Waals surface area contributed by atoms with Gasteiger partial charge in [-0.05, 0) is 32.6 Å². The fraction of sp³-hybridized carbons (Fsp3) is 0.500. The molecule has 0 aromatic heterocycles. The average Bonchev–Trinajstić information content (AvgIpc) is 2.79. The molecule has 5 nitrogen and oxygen atoms in total. The topological polar surface area (TPSA) is 60.9 Å². The maximum atomic E-state index is 12.4. The van der Waals surface area contributed by atoms with E-state index in [4.69, 9.17) is 0 Å². The van der Waals surface area contributed by atoms with E-state index in [0.717, 1.165) is 6.42 Å². The molecule has 0 spiro atoms. The maximum Gasteiger partial charge on any atom is 0.246 e. The van der Waals surface area contributed by atoms with Gasteiger partial charge in [-0.25, -0.2) is 8.42 Å². The first-order chi connectivity index (χ1) is 8.43. The summed E-state index contributed by atoms with van der Waals surface area (Å²) in [6, 6.07) is 6.30. The maximum absolute atomic E-state index is 12.4. The molecule has 1 saturated heterocycles. The summed E-state index contributed by atoms with van der Waals surface area (Å²) >= 11 is 0. The standard InChI is InChI=1S/C12H18N2O3S/c1-13(2)10-7-8-14(9-10)18(16,17)12-6-4-3-5-11(12)15/h3-6,10,15H,7-9H2,1-2H3. The number of para-hydroxylation sites is 1.